The molecule has 8 nitrogen and oxygen atoms in total. The molecule has 0 spiro atoms. The zero-order valence-corrected chi connectivity index (χ0v) is 16.4. The van der Waals surface area contributed by atoms with Crippen LogP contribution in [0.1, 0.15) is 29.0 Å². The molecule has 144 valence electrons. The van der Waals surface area contributed by atoms with Crippen molar-refractivity contribution >= 4 is 23.5 Å². The highest BCUT2D eigenvalue weighted by molar-refractivity contribution is 5.95. The lowest BCUT2D eigenvalue weighted by molar-refractivity contribution is 0.0950. The van der Waals surface area contributed by atoms with Gasteiger partial charge in [0.2, 0.25) is 11.9 Å². The highest BCUT2D eigenvalue weighted by atomic mass is 16.1. The van der Waals surface area contributed by atoms with Crippen molar-refractivity contribution in [1.29, 1.82) is 0 Å². The minimum absolute atomic E-state index is 0.145. The standard InChI is InChI=1S/C19H27N7O/c1-24(2)15-9-7-8-14(12-15)17(27)20-13-16-21-18(25(3)4)23-19(22-16)26-10-5-6-11-26/h7-9,12H,5-6,10-11,13H2,1-4H3,(H,20,27). The van der Waals surface area contributed by atoms with E-state index in [4.69, 9.17) is 0 Å². The van der Waals surface area contributed by atoms with Crippen LogP contribution in [-0.2, 0) is 6.54 Å². The van der Waals surface area contributed by atoms with Crippen molar-refractivity contribution in [2.24, 2.45) is 0 Å². The van der Waals surface area contributed by atoms with E-state index >= 15 is 0 Å². The van der Waals surface area contributed by atoms with Crippen molar-refractivity contribution in [3.63, 3.8) is 0 Å². The fourth-order valence-corrected chi connectivity index (χ4v) is 2.92. The molecule has 0 aliphatic carbocycles. The van der Waals surface area contributed by atoms with E-state index < -0.39 is 0 Å². The molecule has 1 aromatic heterocycles. The average molecular weight is 369 g/mol. The molecule has 0 bridgehead atoms. The van der Waals surface area contributed by atoms with Crippen LogP contribution in [0.3, 0.4) is 0 Å². The lowest BCUT2D eigenvalue weighted by atomic mass is 10.2. The molecule has 1 aliphatic rings. The van der Waals surface area contributed by atoms with E-state index in [1.54, 1.807) is 6.07 Å². The van der Waals surface area contributed by atoms with Gasteiger partial charge in [-0.05, 0) is 31.0 Å². The second-order valence-electron chi connectivity index (χ2n) is 7.07. The zero-order chi connectivity index (χ0) is 19.4. The first-order valence-electron chi connectivity index (χ1n) is 9.17. The summed E-state index contributed by atoms with van der Waals surface area (Å²) in [6, 6.07) is 7.51. The summed E-state index contributed by atoms with van der Waals surface area (Å²) in [4.78, 5) is 32.1. The predicted molar refractivity (Wildman–Crippen MR) is 108 cm³/mol. The topological polar surface area (TPSA) is 77.5 Å². The number of carbonyl (C=O) groups excluding carboxylic acids is 1. The number of benzene rings is 1. The Hall–Kier alpha value is -2.90. The van der Waals surface area contributed by atoms with Gasteiger partial charge in [0.15, 0.2) is 5.82 Å². The second kappa shape index (κ2) is 8.20. The molecule has 1 aliphatic heterocycles. The summed E-state index contributed by atoms with van der Waals surface area (Å²) in [5.41, 5.74) is 1.59. The van der Waals surface area contributed by atoms with E-state index in [-0.39, 0.29) is 12.5 Å². The van der Waals surface area contributed by atoms with Gasteiger partial charge in [-0.1, -0.05) is 6.07 Å². The molecule has 1 aromatic carbocycles. The monoisotopic (exact) mass is 369 g/mol. The first kappa shape index (κ1) is 18.9. The molecule has 27 heavy (non-hydrogen) atoms. The first-order valence-corrected chi connectivity index (χ1v) is 9.17. The Labute approximate surface area is 160 Å². The molecule has 2 heterocycles. The van der Waals surface area contributed by atoms with Crippen molar-refractivity contribution in [3.05, 3.63) is 35.7 Å². The average Bonchev–Trinajstić information content (AvgIpc) is 3.20. The summed E-state index contributed by atoms with van der Waals surface area (Å²) < 4.78 is 0. The van der Waals surface area contributed by atoms with Crippen molar-refractivity contribution in [2.75, 3.05) is 56.0 Å². The minimum atomic E-state index is -0.145. The first-order chi connectivity index (χ1) is 12.9. The third kappa shape index (κ3) is 4.64. The van der Waals surface area contributed by atoms with Gasteiger partial charge >= 0.3 is 0 Å². The van der Waals surface area contributed by atoms with Crippen LogP contribution in [0.25, 0.3) is 0 Å². The van der Waals surface area contributed by atoms with Gasteiger partial charge in [0.05, 0.1) is 6.54 Å². The van der Waals surface area contributed by atoms with E-state index in [9.17, 15) is 4.79 Å². The highest BCUT2D eigenvalue weighted by Gasteiger charge is 2.18. The zero-order valence-electron chi connectivity index (χ0n) is 16.4. The largest absolute Gasteiger partial charge is 0.378 e. The van der Waals surface area contributed by atoms with Crippen LogP contribution in [-0.4, -0.2) is 62.1 Å². The van der Waals surface area contributed by atoms with Crippen molar-refractivity contribution in [3.8, 4) is 0 Å². The maximum atomic E-state index is 12.5. The maximum Gasteiger partial charge on any atom is 0.251 e. The molecule has 3 rings (SSSR count). The molecule has 0 saturated carbocycles. The molecule has 1 fully saturated rings. The number of aromatic nitrogens is 3. The van der Waals surface area contributed by atoms with Gasteiger partial charge in [0.1, 0.15) is 0 Å². The summed E-state index contributed by atoms with van der Waals surface area (Å²) in [7, 11) is 7.70. The number of amides is 1. The third-order valence-electron chi connectivity index (χ3n) is 4.48. The Bertz CT molecular complexity index is 800. The van der Waals surface area contributed by atoms with Crippen LogP contribution in [0.15, 0.2) is 24.3 Å². The van der Waals surface area contributed by atoms with E-state index in [0.717, 1.165) is 31.6 Å². The number of hydrogen-bond donors (Lipinski definition) is 1. The Morgan fingerprint density at radius 3 is 2.48 bits per heavy atom. The molecule has 1 amide bonds. The normalized spacial score (nSPS) is 13.6. The van der Waals surface area contributed by atoms with Gasteiger partial charge in [0.25, 0.3) is 5.91 Å². The molecule has 0 atom stereocenters. The predicted octanol–water partition coefficient (Wildman–Crippen LogP) is 1.53. The fraction of sp³-hybridized carbons (Fsp3) is 0.474. The summed E-state index contributed by atoms with van der Waals surface area (Å²) in [6.45, 7) is 2.18. The SMILES string of the molecule is CN(C)c1cccc(C(=O)NCc2nc(N(C)C)nc(N3CCCC3)n2)c1. The number of hydrogen-bond acceptors (Lipinski definition) is 7. The number of rotatable bonds is 6. The van der Waals surface area contributed by atoms with Gasteiger partial charge < -0.3 is 20.0 Å². The van der Waals surface area contributed by atoms with E-state index in [1.807, 2.05) is 56.2 Å². The van der Waals surface area contributed by atoms with Gasteiger partial charge in [-0.2, -0.15) is 15.0 Å². The smallest absolute Gasteiger partial charge is 0.251 e. The number of anilines is 3. The number of nitrogens with zero attached hydrogens (tertiary/aromatic N) is 6. The second-order valence-corrected chi connectivity index (χ2v) is 7.07. The summed E-state index contributed by atoms with van der Waals surface area (Å²) in [6.07, 6.45) is 2.30. The van der Waals surface area contributed by atoms with Crippen LogP contribution in [0.5, 0.6) is 0 Å². The Kier molecular flexibility index (Phi) is 5.73. The minimum Gasteiger partial charge on any atom is -0.378 e. The third-order valence-corrected chi connectivity index (χ3v) is 4.48. The van der Waals surface area contributed by atoms with Crippen LogP contribution in [0.2, 0.25) is 0 Å². The van der Waals surface area contributed by atoms with E-state index in [0.29, 0.717) is 23.3 Å². The van der Waals surface area contributed by atoms with Crippen molar-refractivity contribution in [2.45, 2.75) is 19.4 Å². The Morgan fingerprint density at radius 1 is 1.07 bits per heavy atom. The van der Waals surface area contributed by atoms with Crippen molar-refractivity contribution in [1.82, 2.24) is 20.3 Å². The van der Waals surface area contributed by atoms with Gasteiger partial charge in [-0.15, -0.1) is 0 Å². The lowest BCUT2D eigenvalue weighted by Gasteiger charge is -2.19. The molecular formula is C19H27N7O. The van der Waals surface area contributed by atoms with E-state index in [1.165, 1.54) is 0 Å². The Balaban J connectivity index is 1.74. The molecule has 2 aromatic rings. The fourth-order valence-electron chi connectivity index (χ4n) is 2.92. The highest BCUT2D eigenvalue weighted by Crippen LogP contribution is 2.18. The summed E-state index contributed by atoms with van der Waals surface area (Å²) >= 11 is 0. The number of nitrogens with one attached hydrogen (secondary N) is 1. The Morgan fingerprint density at radius 2 is 1.81 bits per heavy atom. The van der Waals surface area contributed by atoms with Crippen LogP contribution in [0, 0.1) is 0 Å². The molecular weight excluding hydrogens is 342 g/mol. The number of carbonyl (C=O) groups is 1. The van der Waals surface area contributed by atoms with Crippen LogP contribution < -0.4 is 20.0 Å². The van der Waals surface area contributed by atoms with Gasteiger partial charge in [-0.25, -0.2) is 0 Å². The van der Waals surface area contributed by atoms with Crippen LogP contribution >= 0.6 is 0 Å². The molecule has 1 saturated heterocycles. The van der Waals surface area contributed by atoms with Crippen molar-refractivity contribution < 1.29 is 4.79 Å². The quantitative estimate of drug-likeness (QED) is 0.827. The maximum absolute atomic E-state index is 12.5. The summed E-state index contributed by atoms with van der Waals surface area (Å²) in [5.74, 6) is 1.71. The lowest BCUT2D eigenvalue weighted by Crippen LogP contribution is -2.27. The van der Waals surface area contributed by atoms with Gasteiger partial charge in [-0.3, -0.25) is 4.79 Å². The van der Waals surface area contributed by atoms with Crippen LogP contribution in [0.4, 0.5) is 17.6 Å². The van der Waals surface area contributed by atoms with Gasteiger partial charge in [0, 0.05) is 52.5 Å². The molecule has 8 heteroatoms. The molecule has 1 N–H and O–H groups in total. The molecule has 0 radical (unpaired) electrons. The molecule has 0 unspecified atom stereocenters. The summed E-state index contributed by atoms with van der Waals surface area (Å²) in [5, 5.41) is 2.92. The van der Waals surface area contributed by atoms with E-state index in [2.05, 4.69) is 25.2 Å².